The topological polar surface area (TPSA) is 78.9 Å². The summed E-state index contributed by atoms with van der Waals surface area (Å²) in [6.07, 6.45) is -5.16. The molecule has 0 bridgehead atoms. The lowest BCUT2D eigenvalue weighted by Gasteiger charge is -2.16. The van der Waals surface area contributed by atoms with Crippen LogP contribution in [-0.2, 0) is 28.6 Å². The maximum absolute atomic E-state index is 13.1. The lowest BCUT2D eigenvalue weighted by molar-refractivity contribution is -0.192. The Hall–Kier alpha value is -1.66. The van der Waals surface area contributed by atoms with E-state index in [4.69, 9.17) is 0 Å². The first-order valence-electron chi connectivity index (χ1n) is 4.11. The molecule has 1 aliphatic heterocycles. The molecule has 0 radical (unpaired) electrons. The molecular weight excluding hydrogens is 211 g/mol. The Morgan fingerprint density at radius 2 is 1.80 bits per heavy atom. The smallest absolute Gasteiger partial charge is 0.348 e. The average Bonchev–Trinajstić information content (AvgIpc) is 2.31. The predicted octanol–water partition coefficient (Wildman–Crippen LogP) is -0.298. The number of ether oxygens (including phenoxy) is 3. The van der Waals surface area contributed by atoms with Crippen LogP contribution in [-0.4, -0.2) is 36.5 Å². The van der Waals surface area contributed by atoms with E-state index in [1.807, 2.05) is 0 Å². The molecule has 7 heteroatoms. The first kappa shape index (κ1) is 11.4. The molecule has 1 heterocycles. The number of carbonyl (C=O) groups is 3. The maximum atomic E-state index is 13.1. The van der Waals surface area contributed by atoms with Gasteiger partial charge in [0.25, 0.3) is 6.29 Å². The number of esters is 3. The molecule has 0 aromatic carbocycles. The fraction of sp³-hybridized carbons (Fsp3) is 0.625. The number of rotatable bonds is 2. The van der Waals surface area contributed by atoms with Crippen molar-refractivity contribution >= 4 is 17.9 Å². The van der Waals surface area contributed by atoms with Crippen LogP contribution in [0.25, 0.3) is 0 Å². The van der Waals surface area contributed by atoms with Gasteiger partial charge in [-0.1, -0.05) is 0 Å². The van der Waals surface area contributed by atoms with E-state index in [2.05, 4.69) is 14.2 Å². The summed E-state index contributed by atoms with van der Waals surface area (Å²) in [5, 5.41) is 0. The summed E-state index contributed by atoms with van der Waals surface area (Å²) in [5.41, 5.74) is 0. The lowest BCUT2D eigenvalue weighted by Crippen LogP contribution is -2.35. The highest BCUT2D eigenvalue weighted by Gasteiger charge is 2.49. The van der Waals surface area contributed by atoms with E-state index in [9.17, 15) is 18.8 Å². The third-order valence-electron chi connectivity index (χ3n) is 1.60. The Morgan fingerprint density at radius 1 is 1.27 bits per heavy atom. The van der Waals surface area contributed by atoms with Crippen LogP contribution in [0.5, 0.6) is 0 Å². The Morgan fingerprint density at radius 3 is 2.27 bits per heavy atom. The van der Waals surface area contributed by atoms with Crippen LogP contribution in [0, 0.1) is 0 Å². The Labute approximate surface area is 84.3 Å². The van der Waals surface area contributed by atoms with Crippen LogP contribution in [0.1, 0.15) is 13.8 Å². The summed E-state index contributed by atoms with van der Waals surface area (Å²) in [7, 11) is 0. The van der Waals surface area contributed by atoms with Crippen molar-refractivity contribution in [2.75, 3.05) is 0 Å². The van der Waals surface area contributed by atoms with Crippen LogP contribution in [0.4, 0.5) is 4.39 Å². The lowest BCUT2D eigenvalue weighted by atomic mass is 10.2. The van der Waals surface area contributed by atoms with Crippen molar-refractivity contribution in [3.05, 3.63) is 0 Å². The normalized spacial score (nSPS) is 29.5. The summed E-state index contributed by atoms with van der Waals surface area (Å²) >= 11 is 0. The summed E-state index contributed by atoms with van der Waals surface area (Å²) in [4.78, 5) is 31.9. The average molecular weight is 220 g/mol. The van der Waals surface area contributed by atoms with E-state index in [1.54, 1.807) is 0 Å². The summed E-state index contributed by atoms with van der Waals surface area (Å²) in [6.45, 7) is 2.10. The van der Waals surface area contributed by atoms with E-state index >= 15 is 0 Å². The molecule has 3 atom stereocenters. The molecule has 0 amide bonds. The van der Waals surface area contributed by atoms with Crippen molar-refractivity contribution < 1.29 is 33.0 Å². The number of cyclic esters (lactones) is 1. The van der Waals surface area contributed by atoms with Crippen LogP contribution < -0.4 is 0 Å². The van der Waals surface area contributed by atoms with Crippen molar-refractivity contribution in [2.45, 2.75) is 32.4 Å². The molecule has 0 spiro atoms. The molecule has 1 rings (SSSR count). The van der Waals surface area contributed by atoms with Crippen molar-refractivity contribution in [1.29, 1.82) is 0 Å². The monoisotopic (exact) mass is 220 g/mol. The molecule has 1 unspecified atom stereocenters. The zero-order valence-corrected chi connectivity index (χ0v) is 8.06. The van der Waals surface area contributed by atoms with E-state index in [0.717, 1.165) is 13.8 Å². The first-order chi connectivity index (χ1) is 6.91. The largest absolute Gasteiger partial charge is 0.451 e. The maximum Gasteiger partial charge on any atom is 0.348 e. The minimum atomic E-state index is -2.13. The third kappa shape index (κ3) is 2.64. The van der Waals surface area contributed by atoms with Crippen LogP contribution in [0.2, 0.25) is 0 Å². The van der Waals surface area contributed by atoms with Crippen molar-refractivity contribution in [3.8, 4) is 0 Å². The van der Waals surface area contributed by atoms with Gasteiger partial charge >= 0.3 is 17.9 Å². The molecule has 0 aliphatic carbocycles. The minimum absolute atomic E-state index is 0.765. The summed E-state index contributed by atoms with van der Waals surface area (Å²) < 4.78 is 26.4. The van der Waals surface area contributed by atoms with Gasteiger partial charge in [-0.05, 0) is 0 Å². The zero-order chi connectivity index (χ0) is 11.6. The molecule has 1 saturated heterocycles. The molecule has 1 aliphatic rings. The molecular formula is C8H9FO6. The fourth-order valence-corrected chi connectivity index (χ4v) is 1.08. The van der Waals surface area contributed by atoms with Gasteiger partial charge in [0.05, 0.1) is 0 Å². The Kier molecular flexibility index (Phi) is 3.23. The van der Waals surface area contributed by atoms with Crippen molar-refractivity contribution in [1.82, 2.24) is 0 Å². The van der Waals surface area contributed by atoms with Gasteiger partial charge in [-0.15, -0.1) is 0 Å². The molecule has 6 nitrogen and oxygen atoms in total. The molecule has 84 valence electrons. The van der Waals surface area contributed by atoms with Gasteiger partial charge < -0.3 is 14.2 Å². The number of hydrogen-bond acceptors (Lipinski definition) is 6. The highest BCUT2D eigenvalue weighted by Crippen LogP contribution is 2.23. The zero-order valence-electron chi connectivity index (χ0n) is 8.06. The Bertz CT molecular complexity index is 300. The van der Waals surface area contributed by atoms with E-state index in [-0.39, 0.29) is 0 Å². The van der Waals surface area contributed by atoms with Gasteiger partial charge in [0, 0.05) is 13.8 Å². The van der Waals surface area contributed by atoms with Gasteiger partial charge in [-0.25, -0.2) is 9.18 Å². The van der Waals surface area contributed by atoms with E-state index in [1.165, 1.54) is 0 Å². The minimum Gasteiger partial charge on any atom is -0.451 e. The van der Waals surface area contributed by atoms with E-state index < -0.39 is 36.5 Å². The molecule has 0 aromatic heterocycles. The molecule has 1 fully saturated rings. The van der Waals surface area contributed by atoms with Crippen LogP contribution >= 0.6 is 0 Å². The van der Waals surface area contributed by atoms with Gasteiger partial charge in [0.2, 0.25) is 12.3 Å². The van der Waals surface area contributed by atoms with Crippen molar-refractivity contribution in [2.24, 2.45) is 0 Å². The third-order valence-corrected chi connectivity index (χ3v) is 1.60. The van der Waals surface area contributed by atoms with Gasteiger partial charge in [-0.2, -0.15) is 0 Å². The Balaban J connectivity index is 2.72. The number of hydrogen-bond donors (Lipinski definition) is 0. The molecule has 0 saturated carbocycles. The van der Waals surface area contributed by atoms with Gasteiger partial charge in [-0.3, -0.25) is 9.59 Å². The number of carbonyl (C=O) groups excluding carboxylic acids is 3. The van der Waals surface area contributed by atoms with Crippen LogP contribution in [0.3, 0.4) is 0 Å². The quantitative estimate of drug-likeness (QED) is 0.594. The summed E-state index contributed by atoms with van der Waals surface area (Å²) in [5.74, 6) is -2.77. The van der Waals surface area contributed by atoms with Crippen LogP contribution in [0.15, 0.2) is 0 Å². The first-order valence-corrected chi connectivity index (χ1v) is 4.11. The predicted molar refractivity (Wildman–Crippen MR) is 42.1 cm³/mol. The van der Waals surface area contributed by atoms with E-state index in [0.29, 0.717) is 0 Å². The van der Waals surface area contributed by atoms with Gasteiger partial charge in [0.15, 0.2) is 0 Å². The van der Waals surface area contributed by atoms with Crippen molar-refractivity contribution in [3.63, 3.8) is 0 Å². The van der Waals surface area contributed by atoms with Gasteiger partial charge in [0.1, 0.15) is 0 Å². The second-order valence-electron chi connectivity index (χ2n) is 2.89. The number of halogens is 1. The molecule has 15 heavy (non-hydrogen) atoms. The molecule has 0 N–H and O–H groups in total. The highest BCUT2D eigenvalue weighted by atomic mass is 19.1. The fourth-order valence-electron chi connectivity index (χ4n) is 1.08. The molecule has 0 aromatic rings. The number of alkyl halides is 1. The summed E-state index contributed by atoms with van der Waals surface area (Å²) in [6, 6.07) is 0. The highest BCUT2D eigenvalue weighted by molar-refractivity contribution is 5.79. The second kappa shape index (κ2) is 4.24. The second-order valence-corrected chi connectivity index (χ2v) is 2.89. The SMILES string of the molecule is CC(=O)OC1[C@@H](OC(C)=O)OC(=O)[C@H]1F. The standard InChI is InChI=1S/C8H9FO6/c1-3(10)13-6-5(9)7(12)15-8(6)14-4(2)11/h5-6,8H,1-2H3/t5-,6?,8-/m0/s1.